The van der Waals surface area contributed by atoms with Crippen molar-refractivity contribution in [1.82, 2.24) is 4.57 Å². The van der Waals surface area contributed by atoms with Crippen molar-refractivity contribution in [2.75, 3.05) is 20.8 Å². The van der Waals surface area contributed by atoms with Crippen molar-refractivity contribution in [3.05, 3.63) is 84.5 Å². The van der Waals surface area contributed by atoms with Crippen LogP contribution >= 0.6 is 11.3 Å². The summed E-state index contributed by atoms with van der Waals surface area (Å²) in [5, 5.41) is 0. The van der Waals surface area contributed by atoms with Gasteiger partial charge in [0.25, 0.3) is 5.56 Å². The molecule has 0 aliphatic carbocycles. The van der Waals surface area contributed by atoms with Crippen molar-refractivity contribution >= 4 is 23.4 Å². The number of hydrogen-bond donors (Lipinski definition) is 0. The molecule has 4 rings (SSSR count). The molecule has 0 radical (unpaired) electrons. The highest BCUT2D eigenvalue weighted by Crippen LogP contribution is 2.32. The fourth-order valence-corrected chi connectivity index (χ4v) is 5.24. The molecule has 2 heterocycles. The lowest BCUT2D eigenvalue weighted by molar-refractivity contribution is -0.139. The lowest BCUT2D eigenvalue weighted by Crippen LogP contribution is -2.39. The van der Waals surface area contributed by atoms with Crippen LogP contribution in [-0.2, 0) is 9.53 Å². The fraction of sp³-hybridized carbons (Fsp3) is 0.321. The molecule has 194 valence electrons. The molecule has 0 saturated heterocycles. The molecule has 0 spiro atoms. The van der Waals surface area contributed by atoms with E-state index in [0.717, 1.165) is 5.56 Å². The molecule has 37 heavy (non-hydrogen) atoms. The van der Waals surface area contributed by atoms with E-state index >= 15 is 0 Å². The van der Waals surface area contributed by atoms with E-state index < -0.39 is 12.0 Å². The molecular weight excluding hydrogens is 492 g/mol. The van der Waals surface area contributed by atoms with Crippen molar-refractivity contribution in [2.45, 2.75) is 39.8 Å². The number of ether oxygens (including phenoxy) is 4. The van der Waals surface area contributed by atoms with E-state index in [1.54, 1.807) is 56.9 Å². The minimum atomic E-state index is -0.697. The van der Waals surface area contributed by atoms with E-state index in [9.17, 15) is 9.59 Å². The summed E-state index contributed by atoms with van der Waals surface area (Å²) in [6.07, 6.45) is 1.78. The molecule has 1 aromatic heterocycles. The quantitative estimate of drug-likeness (QED) is 0.420. The second-order valence-electron chi connectivity index (χ2n) is 8.65. The van der Waals surface area contributed by atoms with Gasteiger partial charge in [0.1, 0.15) is 17.2 Å². The summed E-state index contributed by atoms with van der Waals surface area (Å²) in [6.45, 7) is 7.63. The third-order valence-corrected chi connectivity index (χ3v) is 6.79. The van der Waals surface area contributed by atoms with Crippen molar-refractivity contribution < 1.29 is 23.7 Å². The van der Waals surface area contributed by atoms with Crippen LogP contribution in [0.5, 0.6) is 17.2 Å². The summed E-state index contributed by atoms with van der Waals surface area (Å²) in [4.78, 5) is 32.0. The summed E-state index contributed by atoms with van der Waals surface area (Å²) in [6, 6.07) is 12.1. The summed E-state index contributed by atoms with van der Waals surface area (Å²) in [5.41, 5.74) is 2.02. The van der Waals surface area contributed by atoms with Crippen LogP contribution in [0.4, 0.5) is 0 Å². The highest BCUT2D eigenvalue weighted by atomic mass is 32.1. The lowest BCUT2D eigenvalue weighted by Gasteiger charge is -2.25. The smallest absolute Gasteiger partial charge is 0.338 e. The maximum atomic E-state index is 13.8. The Kier molecular flexibility index (Phi) is 7.83. The summed E-state index contributed by atoms with van der Waals surface area (Å²) >= 11 is 1.25. The number of fused-ring (bicyclic) bond motifs is 1. The first kappa shape index (κ1) is 26.2. The van der Waals surface area contributed by atoms with E-state index in [-0.39, 0.29) is 18.3 Å². The molecule has 0 bridgehead atoms. The summed E-state index contributed by atoms with van der Waals surface area (Å²) in [5.74, 6) is 1.45. The normalized spacial score (nSPS) is 15.3. The van der Waals surface area contributed by atoms with Crippen LogP contribution in [0, 0.1) is 0 Å². The lowest BCUT2D eigenvalue weighted by atomic mass is 9.96. The van der Waals surface area contributed by atoms with E-state index in [1.165, 1.54) is 11.3 Å². The average molecular weight is 523 g/mol. The third kappa shape index (κ3) is 5.32. The van der Waals surface area contributed by atoms with Gasteiger partial charge in [-0.3, -0.25) is 9.36 Å². The highest BCUT2D eigenvalue weighted by Gasteiger charge is 2.33. The minimum Gasteiger partial charge on any atom is -0.497 e. The maximum absolute atomic E-state index is 13.8. The Balaban J connectivity index is 1.92. The van der Waals surface area contributed by atoms with Crippen LogP contribution in [-0.4, -0.2) is 37.5 Å². The predicted molar refractivity (Wildman–Crippen MR) is 142 cm³/mol. The number of hydrogen-bond acceptors (Lipinski definition) is 8. The first-order valence-corrected chi connectivity index (χ1v) is 12.8. The molecule has 0 amide bonds. The van der Waals surface area contributed by atoms with E-state index in [4.69, 9.17) is 18.9 Å². The van der Waals surface area contributed by atoms with Gasteiger partial charge in [0.15, 0.2) is 4.80 Å². The largest absolute Gasteiger partial charge is 0.497 e. The number of nitrogens with zero attached hydrogens (tertiary/aromatic N) is 2. The summed E-state index contributed by atoms with van der Waals surface area (Å²) < 4.78 is 24.0. The van der Waals surface area contributed by atoms with Gasteiger partial charge in [0, 0.05) is 5.56 Å². The molecule has 9 heteroatoms. The Morgan fingerprint density at radius 1 is 1.11 bits per heavy atom. The number of thiazole rings is 1. The molecule has 1 aliphatic heterocycles. The van der Waals surface area contributed by atoms with Crippen molar-refractivity contribution in [1.29, 1.82) is 0 Å². The Bertz CT molecular complexity index is 1520. The zero-order valence-corrected chi connectivity index (χ0v) is 22.5. The van der Waals surface area contributed by atoms with Crippen LogP contribution in [0.15, 0.2) is 63.5 Å². The number of rotatable bonds is 8. The molecule has 3 aromatic rings. The Morgan fingerprint density at radius 2 is 1.81 bits per heavy atom. The van der Waals surface area contributed by atoms with Crippen LogP contribution in [0.2, 0.25) is 0 Å². The number of allylic oxidation sites excluding steroid dienone is 1. The van der Waals surface area contributed by atoms with Gasteiger partial charge in [0.05, 0.1) is 48.8 Å². The second kappa shape index (κ2) is 11.0. The average Bonchev–Trinajstić information content (AvgIpc) is 3.17. The molecule has 0 fully saturated rings. The van der Waals surface area contributed by atoms with Crippen LogP contribution in [0.1, 0.15) is 44.9 Å². The van der Waals surface area contributed by atoms with Crippen molar-refractivity contribution in [3.8, 4) is 17.2 Å². The van der Waals surface area contributed by atoms with Gasteiger partial charge in [-0.15, -0.1) is 0 Å². The van der Waals surface area contributed by atoms with Gasteiger partial charge in [-0.1, -0.05) is 23.5 Å². The van der Waals surface area contributed by atoms with E-state index in [0.29, 0.717) is 43.4 Å². The first-order chi connectivity index (χ1) is 17.8. The number of esters is 1. The standard InChI is InChI=1S/C28H30N2O6S/c1-7-35-27(32)24-17(4)29-28-30(25(24)18-8-10-20(11-9-18)36-16(2)3)26(31)23(37-28)15-19-14-21(33-5)12-13-22(19)34-6/h8-16,25H,7H2,1-6H3/b23-15+/t25-/m0/s1. The SMILES string of the molecule is CCOC(=O)C1=C(C)N=c2s/c(=C/c3cc(OC)ccc3OC)c(=O)n2[C@H]1c1ccc(OC(C)C)cc1. The van der Waals surface area contributed by atoms with Gasteiger partial charge in [-0.05, 0) is 69.7 Å². The summed E-state index contributed by atoms with van der Waals surface area (Å²) in [7, 11) is 3.15. The minimum absolute atomic E-state index is 0.0226. The van der Waals surface area contributed by atoms with Gasteiger partial charge in [-0.25, -0.2) is 9.79 Å². The number of aromatic nitrogens is 1. The third-order valence-electron chi connectivity index (χ3n) is 5.81. The highest BCUT2D eigenvalue weighted by molar-refractivity contribution is 7.07. The Labute approximate surface area is 219 Å². The van der Waals surface area contributed by atoms with Gasteiger partial charge in [0.2, 0.25) is 0 Å². The Morgan fingerprint density at radius 3 is 2.43 bits per heavy atom. The van der Waals surface area contributed by atoms with Crippen LogP contribution in [0.25, 0.3) is 6.08 Å². The first-order valence-electron chi connectivity index (χ1n) is 12.0. The Hall–Kier alpha value is -3.85. The van der Waals surface area contributed by atoms with Crippen LogP contribution in [0.3, 0.4) is 0 Å². The number of carbonyl (C=O) groups excluding carboxylic acids is 1. The topological polar surface area (TPSA) is 88.4 Å². The maximum Gasteiger partial charge on any atom is 0.338 e. The van der Waals surface area contributed by atoms with Crippen LogP contribution < -0.4 is 29.1 Å². The molecule has 0 unspecified atom stereocenters. The molecule has 1 atom stereocenters. The predicted octanol–water partition coefficient (Wildman–Crippen LogP) is 3.60. The van der Waals surface area contributed by atoms with Gasteiger partial charge >= 0.3 is 5.97 Å². The molecule has 0 N–H and O–H groups in total. The number of carbonyl (C=O) groups is 1. The molecule has 8 nitrogen and oxygen atoms in total. The molecular formula is C28H30N2O6S. The fourth-order valence-electron chi connectivity index (χ4n) is 4.20. The monoisotopic (exact) mass is 522 g/mol. The molecule has 2 aromatic carbocycles. The number of methoxy groups -OCH3 is 2. The number of benzene rings is 2. The zero-order chi connectivity index (χ0) is 26.7. The second-order valence-corrected chi connectivity index (χ2v) is 9.65. The van der Waals surface area contributed by atoms with Gasteiger partial charge in [-0.2, -0.15) is 0 Å². The molecule has 1 aliphatic rings. The van der Waals surface area contributed by atoms with E-state index in [1.807, 2.05) is 38.1 Å². The van der Waals surface area contributed by atoms with Crippen molar-refractivity contribution in [2.24, 2.45) is 4.99 Å². The van der Waals surface area contributed by atoms with Crippen molar-refractivity contribution in [3.63, 3.8) is 0 Å². The zero-order valence-electron chi connectivity index (χ0n) is 21.7. The molecule has 0 saturated carbocycles. The van der Waals surface area contributed by atoms with E-state index in [2.05, 4.69) is 4.99 Å². The van der Waals surface area contributed by atoms with Gasteiger partial charge < -0.3 is 18.9 Å².